The topological polar surface area (TPSA) is 103 Å². The van der Waals surface area contributed by atoms with Gasteiger partial charge in [-0.05, 0) is 18.2 Å². The summed E-state index contributed by atoms with van der Waals surface area (Å²) in [5, 5.41) is 0. The summed E-state index contributed by atoms with van der Waals surface area (Å²) in [6.45, 7) is 1.30. The van der Waals surface area contributed by atoms with Gasteiger partial charge >= 0.3 is 0 Å². The molecule has 0 spiro atoms. The van der Waals surface area contributed by atoms with Gasteiger partial charge in [-0.3, -0.25) is 19.4 Å². The van der Waals surface area contributed by atoms with Gasteiger partial charge < -0.3 is 14.8 Å². The average molecular weight is 473 g/mol. The lowest BCUT2D eigenvalue weighted by molar-refractivity contribution is -0.127. The van der Waals surface area contributed by atoms with Crippen LogP contribution in [0.15, 0.2) is 59.8 Å². The van der Waals surface area contributed by atoms with Gasteiger partial charge in [0, 0.05) is 61.0 Å². The first-order valence-electron chi connectivity index (χ1n) is 10.8. The molecule has 0 atom stereocenters. The summed E-state index contributed by atoms with van der Waals surface area (Å²) in [5.41, 5.74) is 2.69. The third-order valence-corrected chi connectivity index (χ3v) is 7.07. The number of nitrogens with zero attached hydrogens (tertiary/aromatic N) is 3. The standard InChI is InChI=1S/C25H20N4O4S/c30-15-17-6-7-20(34-17)18-8-9-26-22-19(14-27-21(18)22)23(31)25(33)29-12-10-28(11-13-29)24(32)16-4-2-1-3-5-16/h1-5,7-9,14,27H,6,10-13H2. The number of carbonyl (C=O) groups excluding carboxylic acids is 4. The fourth-order valence-electron chi connectivity index (χ4n) is 4.17. The summed E-state index contributed by atoms with van der Waals surface area (Å²) in [5.74, 6) is 0.595. The number of fused-ring (bicyclic) bond motifs is 1. The highest BCUT2D eigenvalue weighted by molar-refractivity contribution is 8.12. The molecular weight excluding hydrogens is 452 g/mol. The SMILES string of the molecule is O=C=C1CC=C(c2ccnc3c(C(=O)C(=O)N4CCN(C(=O)c5ccccc5)CC4)c[nH]c23)S1. The summed E-state index contributed by atoms with van der Waals surface area (Å²) in [7, 11) is 0. The fourth-order valence-corrected chi connectivity index (χ4v) is 5.09. The first kappa shape index (κ1) is 21.9. The number of aromatic amines is 1. The molecule has 170 valence electrons. The van der Waals surface area contributed by atoms with E-state index in [1.807, 2.05) is 36.3 Å². The van der Waals surface area contributed by atoms with Crippen molar-refractivity contribution in [3.8, 4) is 0 Å². The highest BCUT2D eigenvalue weighted by Gasteiger charge is 2.31. The number of amides is 2. The monoisotopic (exact) mass is 472 g/mol. The van der Waals surface area contributed by atoms with Crippen LogP contribution in [-0.4, -0.2) is 69.5 Å². The summed E-state index contributed by atoms with van der Waals surface area (Å²) in [6.07, 6.45) is 5.55. The second kappa shape index (κ2) is 9.13. The molecule has 0 aliphatic carbocycles. The van der Waals surface area contributed by atoms with E-state index in [2.05, 4.69) is 9.97 Å². The van der Waals surface area contributed by atoms with Crippen LogP contribution in [0.3, 0.4) is 0 Å². The molecule has 2 aromatic heterocycles. The van der Waals surface area contributed by atoms with E-state index in [-0.39, 0.29) is 24.6 Å². The molecule has 3 aromatic rings. The molecule has 2 amide bonds. The zero-order valence-corrected chi connectivity index (χ0v) is 18.9. The summed E-state index contributed by atoms with van der Waals surface area (Å²) in [6, 6.07) is 10.8. The van der Waals surface area contributed by atoms with Crippen molar-refractivity contribution in [3.05, 3.63) is 76.5 Å². The number of Topliss-reactive ketones (excluding diaryl/α,β-unsaturated/α-hetero) is 1. The second-order valence-electron chi connectivity index (χ2n) is 7.96. The molecule has 34 heavy (non-hydrogen) atoms. The van der Waals surface area contributed by atoms with Crippen LogP contribution in [0, 0.1) is 0 Å². The van der Waals surface area contributed by atoms with Crippen molar-refractivity contribution in [2.45, 2.75) is 6.42 Å². The van der Waals surface area contributed by atoms with Crippen molar-refractivity contribution in [1.29, 1.82) is 0 Å². The van der Waals surface area contributed by atoms with Gasteiger partial charge in [-0.1, -0.05) is 36.0 Å². The number of allylic oxidation sites excluding steroid dienone is 2. The van der Waals surface area contributed by atoms with Gasteiger partial charge in [0.05, 0.1) is 21.5 Å². The van der Waals surface area contributed by atoms with Crippen molar-refractivity contribution in [2.24, 2.45) is 0 Å². The molecule has 9 heteroatoms. The van der Waals surface area contributed by atoms with Gasteiger partial charge in [-0.15, -0.1) is 0 Å². The number of aromatic nitrogens is 2. The predicted molar refractivity (Wildman–Crippen MR) is 129 cm³/mol. The van der Waals surface area contributed by atoms with Crippen LogP contribution >= 0.6 is 11.8 Å². The number of H-pyrrole nitrogens is 1. The highest BCUT2D eigenvalue weighted by Crippen LogP contribution is 2.42. The Morgan fingerprint density at radius 3 is 2.44 bits per heavy atom. The van der Waals surface area contributed by atoms with Gasteiger partial charge in [0.1, 0.15) is 5.94 Å². The van der Waals surface area contributed by atoms with Crippen molar-refractivity contribution in [2.75, 3.05) is 26.2 Å². The maximum atomic E-state index is 13.1. The molecule has 5 rings (SSSR count). The lowest BCUT2D eigenvalue weighted by atomic mass is 10.1. The lowest BCUT2D eigenvalue weighted by Gasteiger charge is -2.34. The molecule has 1 N–H and O–H groups in total. The largest absolute Gasteiger partial charge is 0.359 e. The van der Waals surface area contributed by atoms with Crippen LogP contribution in [-0.2, 0) is 9.59 Å². The van der Waals surface area contributed by atoms with E-state index in [1.54, 1.807) is 23.2 Å². The highest BCUT2D eigenvalue weighted by atomic mass is 32.2. The molecule has 0 radical (unpaired) electrons. The van der Waals surface area contributed by atoms with Crippen LogP contribution in [0.5, 0.6) is 0 Å². The van der Waals surface area contributed by atoms with Crippen molar-refractivity contribution >= 4 is 51.2 Å². The minimum absolute atomic E-state index is 0.0842. The van der Waals surface area contributed by atoms with E-state index < -0.39 is 11.7 Å². The Labute approximate surface area is 199 Å². The Morgan fingerprint density at radius 1 is 1.00 bits per heavy atom. The zero-order valence-electron chi connectivity index (χ0n) is 18.1. The van der Waals surface area contributed by atoms with Gasteiger partial charge in [0.25, 0.3) is 17.6 Å². The van der Waals surface area contributed by atoms with Crippen LogP contribution in [0.4, 0.5) is 0 Å². The van der Waals surface area contributed by atoms with Crippen molar-refractivity contribution in [3.63, 3.8) is 0 Å². The van der Waals surface area contributed by atoms with Crippen LogP contribution in [0.1, 0.15) is 32.7 Å². The van der Waals surface area contributed by atoms with Gasteiger partial charge in [-0.25, -0.2) is 4.79 Å². The lowest BCUT2D eigenvalue weighted by Crippen LogP contribution is -2.52. The summed E-state index contributed by atoms with van der Waals surface area (Å²) in [4.78, 5) is 61.7. The molecule has 0 unspecified atom stereocenters. The molecule has 2 aliphatic heterocycles. The number of rotatable bonds is 4. The number of nitrogens with one attached hydrogen (secondary N) is 1. The molecule has 1 aromatic carbocycles. The molecule has 0 bridgehead atoms. The van der Waals surface area contributed by atoms with E-state index >= 15 is 0 Å². The van der Waals surface area contributed by atoms with E-state index in [0.717, 1.165) is 10.5 Å². The summed E-state index contributed by atoms with van der Waals surface area (Å²) < 4.78 is 0. The minimum atomic E-state index is -0.639. The maximum absolute atomic E-state index is 13.1. The number of pyridine rings is 1. The number of benzene rings is 1. The smallest absolute Gasteiger partial charge is 0.295 e. The molecule has 4 heterocycles. The first-order chi connectivity index (χ1) is 16.6. The molecule has 2 aliphatic rings. The van der Waals surface area contributed by atoms with Crippen molar-refractivity contribution < 1.29 is 19.2 Å². The number of carbonyl (C=O) groups is 3. The number of hydrogen-bond donors (Lipinski definition) is 1. The number of ketones is 1. The normalized spacial score (nSPS) is 15.9. The third kappa shape index (κ3) is 3.96. The molecular formula is C25H20N4O4S. The summed E-state index contributed by atoms with van der Waals surface area (Å²) >= 11 is 1.34. The maximum Gasteiger partial charge on any atom is 0.295 e. The van der Waals surface area contributed by atoms with Crippen LogP contribution in [0.25, 0.3) is 15.9 Å². The minimum Gasteiger partial charge on any atom is -0.359 e. The van der Waals surface area contributed by atoms with Gasteiger partial charge in [0.15, 0.2) is 0 Å². The molecule has 1 saturated heterocycles. The van der Waals surface area contributed by atoms with Gasteiger partial charge in [0.2, 0.25) is 0 Å². The average Bonchev–Trinajstić information content (AvgIpc) is 3.55. The Morgan fingerprint density at radius 2 is 1.74 bits per heavy atom. The van der Waals surface area contributed by atoms with Crippen molar-refractivity contribution in [1.82, 2.24) is 19.8 Å². The number of thioether (sulfide) groups is 1. The van der Waals surface area contributed by atoms with E-state index in [4.69, 9.17) is 0 Å². The number of hydrogen-bond acceptors (Lipinski definition) is 6. The van der Waals surface area contributed by atoms with E-state index in [0.29, 0.717) is 41.0 Å². The quantitative estimate of drug-likeness (QED) is 0.356. The van der Waals surface area contributed by atoms with E-state index in [9.17, 15) is 19.2 Å². The Bertz CT molecular complexity index is 1380. The predicted octanol–water partition coefficient (Wildman–Crippen LogP) is 2.92. The second-order valence-corrected chi connectivity index (χ2v) is 9.10. The Hall–Kier alpha value is -3.94. The number of piperazine rings is 1. The van der Waals surface area contributed by atoms with Crippen LogP contribution < -0.4 is 0 Å². The Balaban J connectivity index is 1.30. The molecule has 8 nitrogen and oxygen atoms in total. The molecule has 1 fully saturated rings. The van der Waals surface area contributed by atoms with E-state index in [1.165, 1.54) is 22.9 Å². The van der Waals surface area contributed by atoms with Gasteiger partial charge in [-0.2, -0.15) is 0 Å². The first-order valence-corrected chi connectivity index (χ1v) is 11.6. The third-order valence-electron chi connectivity index (χ3n) is 5.97. The Kier molecular flexibility index (Phi) is 5.88. The zero-order chi connectivity index (χ0) is 23.7. The fraction of sp³-hybridized carbons (Fsp3) is 0.200. The van der Waals surface area contributed by atoms with Crippen LogP contribution in [0.2, 0.25) is 0 Å². The molecule has 0 saturated carbocycles.